The molecule has 0 spiro atoms. The molecule has 15 heavy (non-hydrogen) atoms. The molecule has 0 radical (unpaired) electrons. The number of amides is 1. The summed E-state index contributed by atoms with van der Waals surface area (Å²) < 4.78 is 6.29. The first-order chi connectivity index (χ1) is 6.87. The largest absolute Gasteiger partial charge is 0.444 e. The van der Waals surface area contributed by atoms with E-state index in [1.807, 2.05) is 32.9 Å². The molecule has 1 N–H and O–H groups in total. The zero-order valence-corrected chi connectivity index (χ0v) is 10.8. The van der Waals surface area contributed by atoms with Gasteiger partial charge in [-0.05, 0) is 44.2 Å². The summed E-state index contributed by atoms with van der Waals surface area (Å²) in [6.45, 7) is 5.54. The van der Waals surface area contributed by atoms with Crippen LogP contribution >= 0.6 is 15.9 Å². The lowest BCUT2D eigenvalue weighted by molar-refractivity contribution is 0.0544. The Balaban J connectivity index is 2.46. The van der Waals surface area contributed by atoms with Gasteiger partial charge < -0.3 is 4.74 Å². The van der Waals surface area contributed by atoms with Crippen molar-refractivity contribution < 1.29 is 9.53 Å². The fourth-order valence-corrected chi connectivity index (χ4v) is 1.48. The van der Waals surface area contributed by atoms with Gasteiger partial charge in [0.15, 0.2) is 0 Å². The number of carbonyl (C=O) groups is 1. The number of halogens is 1. The smallest absolute Gasteiger partial charge is 0.411 e. The molecular weight excluding hydrogens is 258 g/mol. The van der Waals surface area contributed by atoms with Crippen LogP contribution in [-0.4, -0.2) is 11.7 Å². The molecule has 84 valence electrons. The van der Waals surface area contributed by atoms with E-state index in [-0.39, 0.29) is 6.09 Å². The van der Waals surface area contributed by atoms with Crippen LogP contribution in [0.2, 0.25) is 0 Å². The van der Waals surface area contributed by atoms with Gasteiger partial charge >= 0.3 is 6.09 Å². The van der Waals surface area contributed by atoms with Crippen molar-refractivity contribution in [2.24, 2.45) is 0 Å². The lowest BCUT2D eigenvalue weighted by Crippen LogP contribution is -2.32. The second-order valence-electron chi connectivity index (χ2n) is 4.43. The molecule has 0 aromatic rings. The molecule has 0 fully saturated rings. The first-order valence-corrected chi connectivity index (χ1v) is 5.71. The van der Waals surface area contributed by atoms with Gasteiger partial charge in [0.1, 0.15) is 5.60 Å². The van der Waals surface area contributed by atoms with Crippen molar-refractivity contribution in [2.45, 2.75) is 39.2 Å². The van der Waals surface area contributed by atoms with Gasteiger partial charge in [-0.25, -0.2) is 4.79 Å². The summed E-state index contributed by atoms with van der Waals surface area (Å²) in [7, 11) is 0. The number of carbonyl (C=O) groups excluding carboxylic acids is 1. The molecule has 1 amide bonds. The van der Waals surface area contributed by atoms with Gasteiger partial charge in [0.2, 0.25) is 0 Å². The Labute approximate surface area is 98.7 Å². The van der Waals surface area contributed by atoms with Crippen LogP contribution in [-0.2, 0) is 4.74 Å². The van der Waals surface area contributed by atoms with Crippen LogP contribution in [0.3, 0.4) is 0 Å². The molecule has 0 saturated carbocycles. The van der Waals surface area contributed by atoms with Gasteiger partial charge in [-0.1, -0.05) is 22.0 Å². The second-order valence-corrected chi connectivity index (χ2v) is 5.45. The van der Waals surface area contributed by atoms with E-state index in [0.29, 0.717) is 0 Å². The highest BCUT2D eigenvalue weighted by molar-refractivity contribution is 9.11. The van der Waals surface area contributed by atoms with Gasteiger partial charge in [-0.3, -0.25) is 5.32 Å². The van der Waals surface area contributed by atoms with E-state index in [1.165, 1.54) is 0 Å². The van der Waals surface area contributed by atoms with Crippen molar-refractivity contribution in [3.8, 4) is 0 Å². The second kappa shape index (κ2) is 4.84. The first-order valence-electron chi connectivity index (χ1n) is 4.92. The molecule has 0 aromatic heterocycles. The number of nitrogens with one attached hydrogen (secondary N) is 1. The highest BCUT2D eigenvalue weighted by Gasteiger charge is 2.17. The minimum atomic E-state index is -0.449. The third-order valence-electron chi connectivity index (χ3n) is 1.76. The maximum Gasteiger partial charge on any atom is 0.411 e. The van der Waals surface area contributed by atoms with E-state index in [4.69, 9.17) is 4.74 Å². The van der Waals surface area contributed by atoms with Crippen LogP contribution in [0.15, 0.2) is 22.3 Å². The molecule has 0 bridgehead atoms. The van der Waals surface area contributed by atoms with Crippen molar-refractivity contribution in [3.05, 3.63) is 22.3 Å². The molecule has 1 aliphatic carbocycles. The highest BCUT2D eigenvalue weighted by atomic mass is 79.9. The number of hydrogen-bond donors (Lipinski definition) is 1. The first kappa shape index (κ1) is 12.3. The summed E-state index contributed by atoms with van der Waals surface area (Å²) in [6.07, 6.45) is 5.19. The molecular formula is C11H16BrNO2. The summed E-state index contributed by atoms with van der Waals surface area (Å²) in [5.41, 5.74) is 0.447. The molecule has 0 heterocycles. The number of ether oxygens (including phenoxy) is 1. The summed E-state index contributed by atoms with van der Waals surface area (Å²) in [6, 6.07) is 0. The Hall–Kier alpha value is -0.770. The van der Waals surface area contributed by atoms with Gasteiger partial charge in [0, 0.05) is 5.70 Å². The van der Waals surface area contributed by atoms with Crippen molar-refractivity contribution in [3.63, 3.8) is 0 Å². The van der Waals surface area contributed by atoms with E-state index in [0.717, 1.165) is 23.0 Å². The highest BCUT2D eigenvalue weighted by Crippen LogP contribution is 2.21. The molecule has 0 aliphatic heterocycles. The Kier molecular flexibility index (Phi) is 3.97. The third-order valence-corrected chi connectivity index (χ3v) is 2.42. The molecule has 0 atom stereocenters. The van der Waals surface area contributed by atoms with E-state index in [2.05, 4.69) is 21.2 Å². The number of hydrogen-bond acceptors (Lipinski definition) is 2. The van der Waals surface area contributed by atoms with Crippen LogP contribution in [0.25, 0.3) is 0 Å². The monoisotopic (exact) mass is 273 g/mol. The van der Waals surface area contributed by atoms with Crippen molar-refractivity contribution in [1.29, 1.82) is 0 Å². The average Bonchev–Trinajstić information content (AvgIpc) is 2.05. The van der Waals surface area contributed by atoms with E-state index < -0.39 is 5.60 Å². The number of alkyl carbamates (subject to hydrolysis) is 1. The van der Waals surface area contributed by atoms with Crippen LogP contribution in [0.1, 0.15) is 33.6 Å². The van der Waals surface area contributed by atoms with Gasteiger partial charge in [0.25, 0.3) is 0 Å². The standard InChI is InChI=1S/C11H16BrNO2/c1-11(2,3)15-10(14)13-9-6-4-8(12)5-7-9/h4,6H,5,7H2,1-3H3,(H,13,14). The van der Waals surface area contributed by atoms with E-state index in [9.17, 15) is 4.79 Å². The maximum absolute atomic E-state index is 11.4. The Bertz CT molecular complexity index is 313. The van der Waals surface area contributed by atoms with Crippen molar-refractivity contribution in [2.75, 3.05) is 0 Å². The van der Waals surface area contributed by atoms with Crippen LogP contribution in [0.5, 0.6) is 0 Å². The average molecular weight is 274 g/mol. The van der Waals surface area contributed by atoms with Gasteiger partial charge in [0.05, 0.1) is 0 Å². The fraction of sp³-hybridized carbons (Fsp3) is 0.545. The van der Waals surface area contributed by atoms with Crippen LogP contribution in [0, 0.1) is 0 Å². The normalized spacial score (nSPS) is 16.5. The molecule has 3 nitrogen and oxygen atoms in total. The number of allylic oxidation sites excluding steroid dienone is 4. The summed E-state index contributed by atoms with van der Waals surface area (Å²) in [5, 5.41) is 2.73. The molecule has 0 aromatic carbocycles. The minimum Gasteiger partial charge on any atom is -0.444 e. The maximum atomic E-state index is 11.4. The molecule has 1 rings (SSSR count). The van der Waals surface area contributed by atoms with Crippen molar-refractivity contribution in [1.82, 2.24) is 5.32 Å². The lowest BCUT2D eigenvalue weighted by atomic mass is 10.1. The minimum absolute atomic E-state index is 0.389. The fourth-order valence-electron chi connectivity index (χ4n) is 1.15. The third kappa shape index (κ3) is 5.02. The van der Waals surface area contributed by atoms with E-state index in [1.54, 1.807) is 0 Å². The molecule has 0 saturated heterocycles. The summed E-state index contributed by atoms with van der Waals surface area (Å²) >= 11 is 3.40. The zero-order valence-electron chi connectivity index (χ0n) is 9.26. The quantitative estimate of drug-likeness (QED) is 0.795. The van der Waals surface area contributed by atoms with Crippen LogP contribution < -0.4 is 5.32 Å². The predicted octanol–water partition coefficient (Wildman–Crippen LogP) is 3.47. The molecule has 0 unspecified atom stereocenters. The predicted molar refractivity (Wildman–Crippen MR) is 63.7 cm³/mol. The molecule has 4 heteroatoms. The van der Waals surface area contributed by atoms with Gasteiger partial charge in [-0.15, -0.1) is 0 Å². The topological polar surface area (TPSA) is 38.3 Å². The summed E-state index contributed by atoms with van der Waals surface area (Å²) in [4.78, 5) is 11.4. The Morgan fingerprint density at radius 3 is 2.53 bits per heavy atom. The Morgan fingerprint density at radius 2 is 2.07 bits per heavy atom. The van der Waals surface area contributed by atoms with Crippen molar-refractivity contribution >= 4 is 22.0 Å². The summed E-state index contributed by atoms with van der Waals surface area (Å²) in [5.74, 6) is 0. The van der Waals surface area contributed by atoms with Crippen LogP contribution in [0.4, 0.5) is 4.79 Å². The lowest BCUT2D eigenvalue weighted by Gasteiger charge is -2.21. The number of rotatable bonds is 1. The zero-order chi connectivity index (χ0) is 11.5. The SMILES string of the molecule is CC(C)(C)OC(=O)NC1=CC=C(Br)CC1. The van der Waals surface area contributed by atoms with E-state index >= 15 is 0 Å². The van der Waals surface area contributed by atoms with Gasteiger partial charge in [-0.2, -0.15) is 0 Å². The Morgan fingerprint density at radius 1 is 1.40 bits per heavy atom. The molecule has 1 aliphatic rings.